The number of ether oxygens (including phenoxy) is 1. The molecule has 1 heterocycles. The lowest BCUT2D eigenvalue weighted by atomic mass is 9.92. The summed E-state index contributed by atoms with van der Waals surface area (Å²) in [5.41, 5.74) is 2.85. The number of nitrogens with zero attached hydrogens (tertiary/aromatic N) is 3. The third-order valence-corrected chi connectivity index (χ3v) is 5.76. The van der Waals surface area contributed by atoms with E-state index in [-0.39, 0.29) is 36.9 Å². The van der Waals surface area contributed by atoms with E-state index < -0.39 is 0 Å². The van der Waals surface area contributed by atoms with Crippen molar-refractivity contribution in [2.45, 2.75) is 33.1 Å². The van der Waals surface area contributed by atoms with Gasteiger partial charge in [0.2, 0.25) is 5.91 Å². The predicted octanol–water partition coefficient (Wildman–Crippen LogP) is 5.51. The van der Waals surface area contributed by atoms with Crippen LogP contribution in [0.1, 0.15) is 42.4 Å². The van der Waals surface area contributed by atoms with Gasteiger partial charge in [0.1, 0.15) is 12.4 Å². The Bertz CT molecular complexity index is 1180. The second kappa shape index (κ2) is 11.2. The van der Waals surface area contributed by atoms with Gasteiger partial charge in [-0.15, -0.1) is 0 Å². The monoisotopic (exact) mass is 516 g/mol. The van der Waals surface area contributed by atoms with Gasteiger partial charge in [0.25, 0.3) is 5.91 Å². The Morgan fingerprint density at radius 3 is 2.26 bits per heavy atom. The molecular weight excluding hydrogens is 487 g/mol. The predicted molar refractivity (Wildman–Crippen MR) is 140 cm³/mol. The normalized spacial score (nSPS) is 11.4. The van der Waals surface area contributed by atoms with Crippen molar-refractivity contribution in [1.29, 1.82) is 0 Å². The van der Waals surface area contributed by atoms with E-state index in [2.05, 4.69) is 26.1 Å². The van der Waals surface area contributed by atoms with Crippen LogP contribution in [-0.4, -0.2) is 53.3 Å². The topological polar surface area (TPSA) is 76.5 Å². The van der Waals surface area contributed by atoms with Crippen LogP contribution in [0.3, 0.4) is 0 Å². The zero-order valence-corrected chi connectivity index (χ0v) is 22.1. The van der Waals surface area contributed by atoms with Crippen LogP contribution in [-0.2, 0) is 14.9 Å². The number of carbonyl (C=O) groups is 2. The molecule has 7 nitrogen and oxygen atoms in total. The molecule has 0 radical (unpaired) electrons. The number of benzene rings is 2. The molecule has 1 aromatic heterocycles. The number of aromatic nitrogens is 2. The quantitative estimate of drug-likeness (QED) is 0.428. The molecule has 1 N–H and O–H groups in total. The molecular formula is C26H30Cl2N4O3. The van der Waals surface area contributed by atoms with Crippen molar-refractivity contribution in [3.05, 3.63) is 75.4 Å². The SMILES string of the molecule is COCCN(CC(=O)Nc1cc(C(C)(C)C)nn1-c1ccc(C)cc1)C(=O)c1cc(Cl)cc(Cl)c1. The summed E-state index contributed by atoms with van der Waals surface area (Å²) in [5.74, 6) is -0.214. The fourth-order valence-corrected chi connectivity index (χ4v) is 3.91. The summed E-state index contributed by atoms with van der Waals surface area (Å²) in [5, 5.41) is 8.35. The van der Waals surface area contributed by atoms with Gasteiger partial charge >= 0.3 is 0 Å². The van der Waals surface area contributed by atoms with Crippen LogP contribution in [0.15, 0.2) is 48.5 Å². The van der Waals surface area contributed by atoms with Gasteiger partial charge in [0, 0.05) is 40.7 Å². The van der Waals surface area contributed by atoms with E-state index in [4.69, 9.17) is 33.0 Å². The molecule has 3 aromatic rings. The van der Waals surface area contributed by atoms with Crippen LogP contribution in [0.4, 0.5) is 5.82 Å². The van der Waals surface area contributed by atoms with Crippen LogP contribution >= 0.6 is 23.2 Å². The Hall–Kier alpha value is -2.87. The highest BCUT2D eigenvalue weighted by Crippen LogP contribution is 2.26. The Labute approximate surface area is 216 Å². The molecule has 0 spiro atoms. The van der Waals surface area contributed by atoms with E-state index >= 15 is 0 Å². The summed E-state index contributed by atoms with van der Waals surface area (Å²) in [6.07, 6.45) is 0. The Morgan fingerprint density at radius 2 is 1.69 bits per heavy atom. The number of rotatable bonds is 8. The second-order valence-corrected chi connectivity index (χ2v) is 10.2. The first-order chi connectivity index (χ1) is 16.5. The second-order valence-electron chi connectivity index (χ2n) is 9.34. The van der Waals surface area contributed by atoms with Crippen LogP contribution in [0.2, 0.25) is 10.0 Å². The van der Waals surface area contributed by atoms with Crippen molar-refractivity contribution in [2.75, 3.05) is 32.1 Å². The van der Waals surface area contributed by atoms with Crippen molar-refractivity contribution >= 4 is 40.8 Å². The molecule has 35 heavy (non-hydrogen) atoms. The highest BCUT2D eigenvalue weighted by atomic mass is 35.5. The number of nitrogens with one attached hydrogen (secondary N) is 1. The molecule has 0 bridgehead atoms. The van der Waals surface area contributed by atoms with Gasteiger partial charge in [-0.05, 0) is 37.3 Å². The number of aryl methyl sites for hydroxylation is 1. The van der Waals surface area contributed by atoms with Crippen molar-refractivity contribution in [1.82, 2.24) is 14.7 Å². The van der Waals surface area contributed by atoms with Gasteiger partial charge in [-0.2, -0.15) is 5.10 Å². The minimum atomic E-state index is -0.371. The average Bonchev–Trinajstić information content (AvgIpc) is 3.20. The molecule has 0 aliphatic carbocycles. The van der Waals surface area contributed by atoms with Crippen LogP contribution in [0, 0.1) is 6.92 Å². The minimum absolute atomic E-state index is 0.184. The first-order valence-corrected chi connectivity index (χ1v) is 12.0. The van der Waals surface area contributed by atoms with Gasteiger partial charge in [-0.1, -0.05) is 61.7 Å². The molecule has 0 unspecified atom stereocenters. The number of hydrogen-bond donors (Lipinski definition) is 1. The van der Waals surface area contributed by atoms with E-state index in [0.29, 0.717) is 21.4 Å². The largest absolute Gasteiger partial charge is 0.383 e. The van der Waals surface area contributed by atoms with E-state index in [1.165, 1.54) is 24.1 Å². The van der Waals surface area contributed by atoms with E-state index in [1.807, 2.05) is 37.3 Å². The minimum Gasteiger partial charge on any atom is -0.383 e. The van der Waals surface area contributed by atoms with Gasteiger partial charge in [-0.3, -0.25) is 9.59 Å². The molecule has 186 valence electrons. The molecule has 3 rings (SSSR count). The number of methoxy groups -OCH3 is 1. The molecule has 0 saturated heterocycles. The summed E-state index contributed by atoms with van der Waals surface area (Å²) in [7, 11) is 1.53. The summed E-state index contributed by atoms with van der Waals surface area (Å²) >= 11 is 12.1. The zero-order valence-electron chi connectivity index (χ0n) is 20.6. The van der Waals surface area contributed by atoms with Crippen LogP contribution in [0.5, 0.6) is 0 Å². The van der Waals surface area contributed by atoms with Crippen molar-refractivity contribution < 1.29 is 14.3 Å². The fourth-order valence-electron chi connectivity index (χ4n) is 3.39. The maximum atomic E-state index is 13.2. The smallest absolute Gasteiger partial charge is 0.254 e. The summed E-state index contributed by atoms with van der Waals surface area (Å²) in [6, 6.07) is 14.3. The molecule has 2 amide bonds. The van der Waals surface area contributed by atoms with E-state index in [9.17, 15) is 9.59 Å². The number of amides is 2. The maximum absolute atomic E-state index is 13.2. The lowest BCUT2D eigenvalue weighted by Gasteiger charge is -2.22. The van der Waals surface area contributed by atoms with E-state index in [1.54, 1.807) is 10.7 Å². The van der Waals surface area contributed by atoms with Crippen molar-refractivity contribution in [3.8, 4) is 5.69 Å². The highest BCUT2D eigenvalue weighted by molar-refractivity contribution is 6.35. The standard InChI is InChI=1S/C26H30Cl2N4O3/c1-17-6-8-21(9-7-17)32-23(15-22(30-32)26(2,3)4)29-24(33)16-31(10-11-35-5)25(34)18-12-19(27)14-20(28)13-18/h6-9,12-15H,10-11,16H2,1-5H3,(H,29,33). The highest BCUT2D eigenvalue weighted by Gasteiger charge is 2.24. The molecule has 0 atom stereocenters. The van der Waals surface area contributed by atoms with Crippen LogP contribution in [0.25, 0.3) is 5.69 Å². The molecule has 2 aromatic carbocycles. The molecule has 9 heteroatoms. The average molecular weight is 517 g/mol. The number of anilines is 1. The Balaban J connectivity index is 1.87. The van der Waals surface area contributed by atoms with Gasteiger partial charge in [-0.25, -0.2) is 4.68 Å². The molecule has 0 aliphatic rings. The van der Waals surface area contributed by atoms with Gasteiger partial charge in [0.05, 0.1) is 18.0 Å². The first kappa shape index (κ1) is 26.7. The number of hydrogen-bond acceptors (Lipinski definition) is 4. The summed E-state index contributed by atoms with van der Waals surface area (Å²) < 4.78 is 6.85. The van der Waals surface area contributed by atoms with E-state index in [0.717, 1.165) is 16.9 Å². The molecule has 0 aliphatic heterocycles. The fraction of sp³-hybridized carbons (Fsp3) is 0.346. The van der Waals surface area contributed by atoms with Gasteiger partial charge < -0.3 is 15.0 Å². The Kier molecular flexibility index (Phi) is 8.59. The summed E-state index contributed by atoms with van der Waals surface area (Å²) in [6.45, 7) is 8.48. The third-order valence-electron chi connectivity index (χ3n) is 5.32. The first-order valence-electron chi connectivity index (χ1n) is 11.2. The zero-order chi connectivity index (χ0) is 25.8. The molecule has 0 fully saturated rings. The third kappa shape index (κ3) is 7.07. The number of carbonyl (C=O) groups excluding carboxylic acids is 2. The lowest BCUT2D eigenvalue weighted by molar-refractivity contribution is -0.117. The molecule has 0 saturated carbocycles. The van der Waals surface area contributed by atoms with Gasteiger partial charge in [0.15, 0.2) is 0 Å². The van der Waals surface area contributed by atoms with Crippen LogP contribution < -0.4 is 5.32 Å². The van der Waals surface area contributed by atoms with Crippen molar-refractivity contribution in [2.24, 2.45) is 0 Å². The maximum Gasteiger partial charge on any atom is 0.254 e. The van der Waals surface area contributed by atoms with Crippen molar-refractivity contribution in [3.63, 3.8) is 0 Å². The lowest BCUT2D eigenvalue weighted by Crippen LogP contribution is -2.40. The number of halogens is 2. The Morgan fingerprint density at radius 1 is 1.06 bits per heavy atom. The summed E-state index contributed by atoms with van der Waals surface area (Å²) in [4.78, 5) is 27.7.